The summed E-state index contributed by atoms with van der Waals surface area (Å²) in [5, 5.41) is 7.78. The molecule has 6 nitrogen and oxygen atoms in total. The van der Waals surface area contributed by atoms with Crippen molar-refractivity contribution < 1.29 is 13.9 Å². The number of aryl methyl sites for hydroxylation is 1. The minimum Gasteiger partial charge on any atom is -0.486 e. The molecule has 1 amide bonds. The van der Waals surface area contributed by atoms with Crippen LogP contribution in [0.1, 0.15) is 27.4 Å². The monoisotopic (exact) mass is 421 g/mol. The van der Waals surface area contributed by atoms with Crippen molar-refractivity contribution in [1.82, 2.24) is 9.78 Å². The van der Waals surface area contributed by atoms with Gasteiger partial charge in [-0.05, 0) is 54.4 Å². The predicted molar refractivity (Wildman–Crippen MR) is 115 cm³/mol. The van der Waals surface area contributed by atoms with E-state index >= 15 is 0 Å². The second-order valence-electron chi connectivity index (χ2n) is 6.85. The highest BCUT2D eigenvalue weighted by Gasteiger charge is 2.13. The number of nitrogens with zero attached hydrogens (tertiary/aromatic N) is 2. The summed E-state index contributed by atoms with van der Waals surface area (Å²) in [6.07, 6.45) is 1.79. The first kappa shape index (κ1) is 19.8. The Labute approximate surface area is 179 Å². The van der Waals surface area contributed by atoms with E-state index in [1.165, 1.54) is 0 Å². The molecule has 0 spiro atoms. The zero-order chi connectivity index (χ0) is 20.9. The van der Waals surface area contributed by atoms with Gasteiger partial charge in [0, 0.05) is 17.3 Å². The van der Waals surface area contributed by atoms with Crippen molar-refractivity contribution >= 4 is 23.3 Å². The van der Waals surface area contributed by atoms with Crippen LogP contribution in [-0.4, -0.2) is 15.7 Å². The van der Waals surface area contributed by atoms with Gasteiger partial charge < -0.3 is 14.5 Å². The normalized spacial score (nSPS) is 10.7. The van der Waals surface area contributed by atoms with Crippen LogP contribution in [0.4, 0.5) is 5.82 Å². The maximum absolute atomic E-state index is 12.4. The average Bonchev–Trinajstić information content (AvgIpc) is 3.36. The lowest BCUT2D eigenvalue weighted by Gasteiger charge is -2.05. The Morgan fingerprint density at radius 2 is 2.00 bits per heavy atom. The van der Waals surface area contributed by atoms with Crippen LogP contribution < -0.4 is 10.1 Å². The number of carbonyl (C=O) groups excluding carboxylic acids is 1. The van der Waals surface area contributed by atoms with Gasteiger partial charge in [0.05, 0.1) is 6.54 Å². The molecule has 7 heteroatoms. The van der Waals surface area contributed by atoms with Crippen LogP contribution in [0.15, 0.2) is 77.3 Å². The highest BCUT2D eigenvalue weighted by molar-refractivity contribution is 6.30. The molecular weight excluding hydrogens is 402 g/mol. The molecular formula is C23H20ClN3O3. The third kappa shape index (κ3) is 5.10. The maximum atomic E-state index is 12.4. The molecule has 2 aromatic carbocycles. The number of aromatic nitrogens is 2. The molecule has 0 aliphatic rings. The van der Waals surface area contributed by atoms with Crippen LogP contribution in [0.3, 0.4) is 0 Å². The van der Waals surface area contributed by atoms with Gasteiger partial charge in [0.25, 0.3) is 5.91 Å². The van der Waals surface area contributed by atoms with Crippen LogP contribution in [0.25, 0.3) is 0 Å². The molecule has 1 N–H and O–H groups in total. The summed E-state index contributed by atoms with van der Waals surface area (Å²) in [4.78, 5) is 12.4. The molecule has 0 unspecified atom stereocenters. The standard InChI is InChI=1S/C23H20ClN3O3/c1-16-4-2-7-19(12-16)29-15-20-8-9-21(30-20)23(28)25-22-10-11-27(26-22)14-17-5-3-6-18(24)13-17/h2-13H,14-15H2,1H3,(H,25,26,28). The molecule has 0 aliphatic carbocycles. The van der Waals surface area contributed by atoms with Gasteiger partial charge in [-0.25, -0.2) is 0 Å². The minimum atomic E-state index is -0.371. The molecule has 30 heavy (non-hydrogen) atoms. The molecule has 2 heterocycles. The summed E-state index contributed by atoms with van der Waals surface area (Å²) < 4.78 is 13.0. The lowest BCUT2D eigenvalue weighted by molar-refractivity contribution is 0.0992. The number of rotatable bonds is 7. The number of amides is 1. The molecule has 152 valence electrons. The van der Waals surface area contributed by atoms with Gasteiger partial charge in [0.15, 0.2) is 11.6 Å². The van der Waals surface area contributed by atoms with Crippen molar-refractivity contribution in [3.63, 3.8) is 0 Å². The van der Waals surface area contributed by atoms with Gasteiger partial charge in [-0.2, -0.15) is 5.10 Å². The number of furan rings is 1. The maximum Gasteiger partial charge on any atom is 0.292 e. The molecule has 0 saturated heterocycles. The molecule has 0 radical (unpaired) electrons. The van der Waals surface area contributed by atoms with Gasteiger partial charge in [0.1, 0.15) is 18.1 Å². The number of anilines is 1. The summed E-state index contributed by atoms with van der Waals surface area (Å²) in [6.45, 7) is 2.79. The Balaban J connectivity index is 1.34. The van der Waals surface area contributed by atoms with Crippen LogP contribution >= 0.6 is 11.6 Å². The first-order chi connectivity index (χ1) is 14.5. The van der Waals surface area contributed by atoms with Crippen LogP contribution in [0.2, 0.25) is 5.02 Å². The summed E-state index contributed by atoms with van der Waals surface area (Å²) in [5.41, 5.74) is 2.13. The van der Waals surface area contributed by atoms with Crippen molar-refractivity contribution in [2.75, 3.05) is 5.32 Å². The van der Waals surface area contributed by atoms with E-state index in [1.807, 2.05) is 55.5 Å². The Morgan fingerprint density at radius 3 is 2.83 bits per heavy atom. The second kappa shape index (κ2) is 8.88. The van der Waals surface area contributed by atoms with Gasteiger partial charge in [0.2, 0.25) is 0 Å². The summed E-state index contributed by atoms with van der Waals surface area (Å²) >= 11 is 6.01. The SMILES string of the molecule is Cc1cccc(OCc2ccc(C(=O)Nc3ccn(Cc4cccc(Cl)c4)n3)o2)c1. The van der Waals surface area contributed by atoms with E-state index in [0.717, 1.165) is 16.9 Å². The van der Waals surface area contributed by atoms with Crippen LogP contribution in [0.5, 0.6) is 5.75 Å². The van der Waals surface area contributed by atoms with E-state index in [-0.39, 0.29) is 18.3 Å². The smallest absolute Gasteiger partial charge is 0.292 e. The van der Waals surface area contributed by atoms with Crippen molar-refractivity contribution in [2.24, 2.45) is 0 Å². The lowest BCUT2D eigenvalue weighted by Crippen LogP contribution is -2.12. The molecule has 2 aromatic heterocycles. The predicted octanol–water partition coefficient (Wildman–Crippen LogP) is 5.32. The lowest BCUT2D eigenvalue weighted by atomic mass is 10.2. The Morgan fingerprint density at radius 1 is 1.13 bits per heavy atom. The minimum absolute atomic E-state index is 0.197. The molecule has 0 fully saturated rings. The molecule has 0 bridgehead atoms. The number of benzene rings is 2. The van der Waals surface area contributed by atoms with E-state index < -0.39 is 0 Å². The fourth-order valence-corrected chi connectivity index (χ4v) is 3.17. The summed E-state index contributed by atoms with van der Waals surface area (Å²) in [7, 11) is 0. The van der Waals surface area contributed by atoms with Gasteiger partial charge in [-0.15, -0.1) is 0 Å². The van der Waals surface area contributed by atoms with Crippen LogP contribution in [0, 0.1) is 6.92 Å². The molecule has 4 aromatic rings. The van der Waals surface area contributed by atoms with Crippen molar-refractivity contribution in [3.8, 4) is 5.75 Å². The Bertz CT molecular complexity index is 1170. The van der Waals surface area contributed by atoms with Crippen LogP contribution in [-0.2, 0) is 13.2 Å². The molecule has 0 saturated carbocycles. The number of carbonyl (C=O) groups is 1. The van der Waals surface area contributed by atoms with Crippen molar-refractivity contribution in [3.05, 3.63) is 101 Å². The Kier molecular flexibility index (Phi) is 5.86. The largest absolute Gasteiger partial charge is 0.486 e. The molecule has 0 atom stereocenters. The zero-order valence-corrected chi connectivity index (χ0v) is 17.1. The highest BCUT2D eigenvalue weighted by Crippen LogP contribution is 2.17. The first-order valence-corrected chi connectivity index (χ1v) is 9.80. The van der Waals surface area contributed by atoms with Gasteiger partial charge in [-0.3, -0.25) is 9.48 Å². The summed E-state index contributed by atoms with van der Waals surface area (Å²) in [6, 6.07) is 20.4. The number of halogens is 1. The number of ether oxygens (including phenoxy) is 1. The topological polar surface area (TPSA) is 69.3 Å². The fraction of sp³-hybridized carbons (Fsp3) is 0.130. The van der Waals surface area contributed by atoms with E-state index in [0.29, 0.717) is 23.1 Å². The fourth-order valence-electron chi connectivity index (χ4n) is 2.95. The third-order valence-corrected chi connectivity index (χ3v) is 4.61. The van der Waals surface area contributed by atoms with Crippen molar-refractivity contribution in [2.45, 2.75) is 20.1 Å². The van der Waals surface area contributed by atoms with E-state index in [4.69, 9.17) is 20.8 Å². The summed E-state index contributed by atoms with van der Waals surface area (Å²) in [5.74, 6) is 1.58. The second-order valence-corrected chi connectivity index (χ2v) is 7.29. The van der Waals surface area contributed by atoms with E-state index in [2.05, 4.69) is 10.4 Å². The average molecular weight is 422 g/mol. The number of hydrogen-bond donors (Lipinski definition) is 1. The number of hydrogen-bond acceptors (Lipinski definition) is 4. The number of nitrogens with one attached hydrogen (secondary N) is 1. The third-order valence-electron chi connectivity index (χ3n) is 4.37. The quantitative estimate of drug-likeness (QED) is 0.438. The van der Waals surface area contributed by atoms with Gasteiger partial charge in [-0.1, -0.05) is 35.9 Å². The highest BCUT2D eigenvalue weighted by atomic mass is 35.5. The van der Waals surface area contributed by atoms with E-state index in [1.54, 1.807) is 29.1 Å². The zero-order valence-electron chi connectivity index (χ0n) is 16.3. The first-order valence-electron chi connectivity index (χ1n) is 9.42. The van der Waals surface area contributed by atoms with Gasteiger partial charge >= 0.3 is 0 Å². The molecule has 4 rings (SSSR count). The van der Waals surface area contributed by atoms with Crippen molar-refractivity contribution in [1.29, 1.82) is 0 Å². The van der Waals surface area contributed by atoms with E-state index in [9.17, 15) is 4.79 Å². The molecule has 0 aliphatic heterocycles. The Hall–Kier alpha value is -3.51.